The summed E-state index contributed by atoms with van der Waals surface area (Å²) in [6.45, 7) is 4.47. The summed E-state index contributed by atoms with van der Waals surface area (Å²) < 4.78 is 5.56. The van der Waals surface area contributed by atoms with Crippen molar-refractivity contribution in [3.8, 4) is 0 Å². The largest absolute Gasteiger partial charge is 0.361 e. The molecule has 3 atom stereocenters. The lowest BCUT2D eigenvalue weighted by atomic mass is 9.82. The van der Waals surface area contributed by atoms with E-state index in [9.17, 15) is 4.79 Å². The van der Waals surface area contributed by atoms with Gasteiger partial charge in [-0.25, -0.2) is 0 Å². The number of benzene rings is 1. The van der Waals surface area contributed by atoms with Gasteiger partial charge in [-0.3, -0.25) is 15.6 Å². The van der Waals surface area contributed by atoms with Crippen molar-refractivity contribution < 1.29 is 9.32 Å². The monoisotopic (exact) mass is 380 g/mol. The normalized spacial score (nSPS) is 29.0. The Labute approximate surface area is 165 Å². The molecule has 6 heteroatoms. The summed E-state index contributed by atoms with van der Waals surface area (Å²) >= 11 is 0. The Morgan fingerprint density at radius 1 is 1.29 bits per heavy atom. The molecule has 2 N–H and O–H groups in total. The third-order valence-corrected chi connectivity index (χ3v) is 6.77. The van der Waals surface area contributed by atoms with Crippen molar-refractivity contribution in [1.82, 2.24) is 20.9 Å². The first kappa shape index (κ1) is 17.9. The zero-order valence-corrected chi connectivity index (χ0v) is 16.4. The number of piperidine rings is 1. The van der Waals surface area contributed by atoms with Gasteiger partial charge in [0.05, 0.1) is 17.0 Å². The topological polar surface area (TPSA) is 70.4 Å². The van der Waals surface area contributed by atoms with Gasteiger partial charge in [0.2, 0.25) is 5.91 Å². The highest BCUT2D eigenvalue weighted by atomic mass is 16.5. The third kappa shape index (κ3) is 3.05. The van der Waals surface area contributed by atoms with E-state index in [1.165, 1.54) is 5.56 Å². The number of hydrogen-bond donors (Lipinski definition) is 2. The number of aromatic nitrogens is 1. The lowest BCUT2D eigenvalue weighted by Gasteiger charge is -2.38. The van der Waals surface area contributed by atoms with E-state index < -0.39 is 0 Å². The molecule has 0 spiro atoms. The van der Waals surface area contributed by atoms with Crippen LogP contribution >= 0.6 is 0 Å². The standard InChI is InChI=1S/C22H28N4O2/c1-15-12-19(28-25-15)18-13-23-24-20(18)16-6-5-11-26(14-16)21(27)22(9-10-22)17-7-3-2-4-8-17/h2-4,7-8,12,16,18,20,23-24H,5-6,9-11,13-14H2,1H3. The molecular weight excluding hydrogens is 352 g/mol. The molecule has 6 nitrogen and oxygen atoms in total. The summed E-state index contributed by atoms with van der Waals surface area (Å²) in [5, 5.41) is 4.06. The molecule has 2 saturated heterocycles. The Morgan fingerprint density at radius 2 is 2.11 bits per heavy atom. The van der Waals surface area contributed by atoms with Crippen LogP contribution in [0.5, 0.6) is 0 Å². The van der Waals surface area contributed by atoms with Gasteiger partial charge in [0.15, 0.2) is 0 Å². The quantitative estimate of drug-likeness (QED) is 0.853. The number of nitrogens with one attached hydrogen (secondary N) is 2. The van der Waals surface area contributed by atoms with Crippen LogP contribution in [0.3, 0.4) is 0 Å². The number of hydrogen-bond acceptors (Lipinski definition) is 5. The molecule has 2 aromatic rings. The van der Waals surface area contributed by atoms with E-state index in [1.54, 1.807) is 0 Å². The summed E-state index contributed by atoms with van der Waals surface area (Å²) in [6.07, 6.45) is 4.13. The van der Waals surface area contributed by atoms with Gasteiger partial charge in [-0.1, -0.05) is 35.5 Å². The second-order valence-corrected chi connectivity index (χ2v) is 8.63. The average molecular weight is 380 g/mol. The van der Waals surface area contributed by atoms with Crippen LogP contribution in [0.25, 0.3) is 0 Å². The van der Waals surface area contributed by atoms with Crippen molar-refractivity contribution in [2.24, 2.45) is 5.92 Å². The second kappa shape index (κ2) is 7.01. The van der Waals surface area contributed by atoms with Crippen LogP contribution in [-0.4, -0.2) is 41.6 Å². The molecule has 28 heavy (non-hydrogen) atoms. The predicted octanol–water partition coefficient (Wildman–Crippen LogP) is 2.51. The lowest BCUT2D eigenvalue weighted by molar-refractivity contribution is -0.136. The minimum atomic E-state index is -0.272. The molecule has 3 heterocycles. The van der Waals surface area contributed by atoms with Crippen molar-refractivity contribution in [1.29, 1.82) is 0 Å². The molecule has 148 valence electrons. The molecule has 3 fully saturated rings. The van der Waals surface area contributed by atoms with Gasteiger partial charge in [0.1, 0.15) is 5.76 Å². The molecular formula is C22H28N4O2. The van der Waals surface area contributed by atoms with E-state index in [0.29, 0.717) is 11.8 Å². The number of likely N-dealkylation sites (tertiary alicyclic amines) is 1. The third-order valence-electron chi connectivity index (χ3n) is 6.77. The number of carbonyl (C=O) groups is 1. The van der Waals surface area contributed by atoms with Crippen molar-refractivity contribution in [2.75, 3.05) is 19.6 Å². The molecule has 0 bridgehead atoms. The van der Waals surface area contributed by atoms with Gasteiger partial charge in [-0.2, -0.15) is 0 Å². The molecule has 1 saturated carbocycles. The SMILES string of the molecule is Cc1cc(C2CNNC2C2CCCN(C(=O)C3(c4ccccc4)CC3)C2)on1. The van der Waals surface area contributed by atoms with Gasteiger partial charge in [0, 0.05) is 31.7 Å². The molecule has 5 rings (SSSR count). The molecule has 2 aliphatic heterocycles. The highest BCUT2D eigenvalue weighted by Crippen LogP contribution is 2.50. The smallest absolute Gasteiger partial charge is 0.233 e. The minimum Gasteiger partial charge on any atom is -0.361 e. The summed E-state index contributed by atoms with van der Waals surface area (Å²) in [5.41, 5.74) is 8.58. The fourth-order valence-corrected chi connectivity index (χ4v) is 5.09. The Kier molecular flexibility index (Phi) is 4.48. The number of aryl methyl sites for hydroxylation is 1. The van der Waals surface area contributed by atoms with Crippen molar-refractivity contribution in [3.63, 3.8) is 0 Å². The molecule has 1 amide bonds. The Morgan fingerprint density at radius 3 is 2.82 bits per heavy atom. The molecule has 1 aliphatic carbocycles. The zero-order chi connectivity index (χ0) is 19.1. The summed E-state index contributed by atoms with van der Waals surface area (Å²) in [7, 11) is 0. The van der Waals surface area contributed by atoms with E-state index in [4.69, 9.17) is 4.52 Å². The van der Waals surface area contributed by atoms with E-state index in [-0.39, 0.29) is 17.4 Å². The average Bonchev–Trinajstić information content (AvgIpc) is 3.19. The number of amides is 1. The first-order valence-corrected chi connectivity index (χ1v) is 10.4. The number of hydrazine groups is 1. The van der Waals surface area contributed by atoms with Crippen LogP contribution in [0.1, 0.15) is 48.6 Å². The first-order chi connectivity index (χ1) is 13.7. The lowest BCUT2D eigenvalue weighted by Crippen LogP contribution is -2.50. The van der Waals surface area contributed by atoms with E-state index in [1.807, 2.05) is 31.2 Å². The van der Waals surface area contributed by atoms with Gasteiger partial charge in [-0.05, 0) is 44.1 Å². The molecule has 3 unspecified atom stereocenters. The van der Waals surface area contributed by atoms with E-state index in [2.05, 4.69) is 33.0 Å². The van der Waals surface area contributed by atoms with Gasteiger partial charge in [0.25, 0.3) is 0 Å². The van der Waals surface area contributed by atoms with Crippen LogP contribution in [0.15, 0.2) is 40.9 Å². The Hall–Kier alpha value is -2.18. The summed E-state index contributed by atoms with van der Waals surface area (Å²) in [4.78, 5) is 15.6. The van der Waals surface area contributed by atoms with Gasteiger partial charge >= 0.3 is 0 Å². The Bertz CT molecular complexity index is 845. The number of carbonyl (C=O) groups excluding carboxylic acids is 1. The van der Waals surface area contributed by atoms with Crippen LogP contribution in [0, 0.1) is 12.8 Å². The van der Waals surface area contributed by atoms with Crippen LogP contribution < -0.4 is 10.9 Å². The molecule has 3 aliphatic rings. The molecule has 1 aromatic heterocycles. The van der Waals surface area contributed by atoms with Crippen LogP contribution in [0.4, 0.5) is 0 Å². The van der Waals surface area contributed by atoms with E-state index >= 15 is 0 Å². The maximum Gasteiger partial charge on any atom is 0.233 e. The van der Waals surface area contributed by atoms with Crippen LogP contribution in [0.2, 0.25) is 0 Å². The Balaban J connectivity index is 1.32. The summed E-state index contributed by atoms with van der Waals surface area (Å²) in [6, 6.07) is 12.6. The predicted molar refractivity (Wildman–Crippen MR) is 106 cm³/mol. The van der Waals surface area contributed by atoms with Crippen molar-refractivity contribution in [3.05, 3.63) is 53.4 Å². The second-order valence-electron chi connectivity index (χ2n) is 8.63. The van der Waals surface area contributed by atoms with Gasteiger partial charge < -0.3 is 9.42 Å². The van der Waals surface area contributed by atoms with Crippen LogP contribution in [-0.2, 0) is 10.2 Å². The van der Waals surface area contributed by atoms with E-state index in [0.717, 1.165) is 56.8 Å². The van der Waals surface area contributed by atoms with Gasteiger partial charge in [-0.15, -0.1) is 0 Å². The maximum absolute atomic E-state index is 13.5. The maximum atomic E-state index is 13.5. The fourth-order valence-electron chi connectivity index (χ4n) is 5.09. The highest BCUT2D eigenvalue weighted by molar-refractivity contribution is 5.91. The first-order valence-electron chi connectivity index (χ1n) is 10.4. The molecule has 1 aromatic carbocycles. The number of rotatable bonds is 4. The summed E-state index contributed by atoms with van der Waals surface area (Å²) in [5.74, 6) is 1.92. The molecule has 0 radical (unpaired) electrons. The van der Waals surface area contributed by atoms with Crippen molar-refractivity contribution in [2.45, 2.75) is 50.0 Å². The highest BCUT2D eigenvalue weighted by Gasteiger charge is 2.53. The zero-order valence-electron chi connectivity index (χ0n) is 16.4. The fraction of sp³-hybridized carbons (Fsp3) is 0.545. The van der Waals surface area contributed by atoms with Crippen molar-refractivity contribution >= 4 is 5.91 Å². The number of nitrogens with zero attached hydrogens (tertiary/aromatic N) is 2. The minimum absolute atomic E-state index is 0.255.